The topological polar surface area (TPSA) is 25.8 Å². The van der Waals surface area contributed by atoms with Gasteiger partial charge in [-0.05, 0) is 12.1 Å². The molecule has 0 saturated carbocycles. The van der Waals surface area contributed by atoms with Gasteiger partial charge in [0, 0.05) is 12.4 Å². The summed E-state index contributed by atoms with van der Waals surface area (Å²) < 4.78 is 0. The van der Waals surface area contributed by atoms with Crippen molar-refractivity contribution in [1.82, 2.24) is 10.2 Å². The molecular weight excluding hydrogens is 99.0 g/mol. The van der Waals surface area contributed by atoms with Crippen molar-refractivity contribution in [3.8, 4) is 0 Å². The van der Waals surface area contributed by atoms with Gasteiger partial charge in [-0.2, -0.15) is 10.2 Å². The van der Waals surface area contributed by atoms with E-state index in [1.807, 2.05) is 12.1 Å². The van der Waals surface area contributed by atoms with E-state index < -0.39 is 0 Å². The molecule has 0 fully saturated rings. The Hall–Kier alpha value is 0.0800. The minimum Gasteiger partial charge on any atom is -0.159 e. The smallest absolute Gasteiger partial charge is 0.0496 e. The molecular formula is C4H5N2Na. The Morgan fingerprint density at radius 3 is 1.43 bits per heavy atom. The van der Waals surface area contributed by atoms with E-state index in [2.05, 4.69) is 10.2 Å². The standard InChI is InChI=1S/C4H4N2.Na.H/c1-2-4-6-5-3-1;;/h1-4H;;. The zero-order valence-electron chi connectivity index (χ0n) is 3.20. The third-order valence-electron chi connectivity index (χ3n) is 0.483. The minimum absolute atomic E-state index is 0. The molecule has 0 spiro atoms. The van der Waals surface area contributed by atoms with Gasteiger partial charge >= 0.3 is 29.6 Å². The fourth-order valence-corrected chi connectivity index (χ4v) is 0.253. The summed E-state index contributed by atoms with van der Waals surface area (Å²) in [5.74, 6) is 0. The molecule has 1 rings (SSSR count). The molecule has 0 unspecified atom stereocenters. The van der Waals surface area contributed by atoms with Crippen molar-refractivity contribution in [2.45, 2.75) is 0 Å². The van der Waals surface area contributed by atoms with Crippen LogP contribution in [0.25, 0.3) is 0 Å². The summed E-state index contributed by atoms with van der Waals surface area (Å²) in [6.45, 7) is 0. The van der Waals surface area contributed by atoms with Crippen LogP contribution in [0.15, 0.2) is 24.5 Å². The summed E-state index contributed by atoms with van der Waals surface area (Å²) >= 11 is 0. The molecule has 1 aromatic heterocycles. The van der Waals surface area contributed by atoms with Gasteiger partial charge in [-0.15, -0.1) is 0 Å². The van der Waals surface area contributed by atoms with Gasteiger partial charge in [-0.3, -0.25) is 0 Å². The molecule has 0 aromatic carbocycles. The first-order valence-electron chi connectivity index (χ1n) is 1.72. The van der Waals surface area contributed by atoms with Gasteiger partial charge in [-0.25, -0.2) is 0 Å². The van der Waals surface area contributed by atoms with Gasteiger partial charge in [0.15, 0.2) is 0 Å². The Labute approximate surface area is 64.3 Å². The summed E-state index contributed by atoms with van der Waals surface area (Å²) in [5, 5.41) is 7.07. The third kappa shape index (κ3) is 2.74. The van der Waals surface area contributed by atoms with E-state index in [1.165, 1.54) is 0 Å². The van der Waals surface area contributed by atoms with Crippen LogP contribution in [0, 0.1) is 0 Å². The average Bonchev–Trinajstić information content (AvgIpc) is 1.72. The predicted molar refractivity (Wildman–Crippen MR) is 29.2 cm³/mol. The number of rotatable bonds is 0. The number of nitrogens with zero attached hydrogens (tertiary/aromatic N) is 2. The first-order valence-corrected chi connectivity index (χ1v) is 1.72. The number of hydrogen-bond donors (Lipinski definition) is 0. The fourth-order valence-electron chi connectivity index (χ4n) is 0.253. The Kier molecular flexibility index (Phi) is 4.29. The maximum atomic E-state index is 3.53. The van der Waals surface area contributed by atoms with Crippen LogP contribution in [-0.4, -0.2) is 39.8 Å². The van der Waals surface area contributed by atoms with Crippen molar-refractivity contribution in [2.75, 3.05) is 0 Å². The Balaban J connectivity index is 0.000000360. The molecule has 2 nitrogen and oxygen atoms in total. The normalized spacial score (nSPS) is 6.86. The van der Waals surface area contributed by atoms with Crippen LogP contribution in [0.5, 0.6) is 0 Å². The fraction of sp³-hybridized carbons (Fsp3) is 0. The van der Waals surface area contributed by atoms with Crippen LogP contribution in [0.3, 0.4) is 0 Å². The third-order valence-corrected chi connectivity index (χ3v) is 0.483. The summed E-state index contributed by atoms with van der Waals surface area (Å²) in [6, 6.07) is 3.65. The molecule has 0 aliphatic carbocycles. The van der Waals surface area contributed by atoms with E-state index >= 15 is 0 Å². The molecule has 7 heavy (non-hydrogen) atoms. The van der Waals surface area contributed by atoms with E-state index in [9.17, 15) is 0 Å². The number of aromatic nitrogens is 2. The zero-order chi connectivity index (χ0) is 4.24. The molecule has 0 saturated heterocycles. The minimum atomic E-state index is 0. The van der Waals surface area contributed by atoms with Gasteiger partial charge in [0.1, 0.15) is 0 Å². The van der Waals surface area contributed by atoms with E-state index in [1.54, 1.807) is 12.4 Å². The molecule has 1 aromatic rings. The second kappa shape index (κ2) is 4.24. The van der Waals surface area contributed by atoms with Crippen molar-refractivity contribution in [2.24, 2.45) is 0 Å². The second-order valence-electron chi connectivity index (χ2n) is 0.914. The maximum Gasteiger partial charge on any atom is 0.0496 e. The zero-order valence-corrected chi connectivity index (χ0v) is 3.20. The van der Waals surface area contributed by atoms with Crippen LogP contribution < -0.4 is 0 Å². The summed E-state index contributed by atoms with van der Waals surface area (Å²) in [6.07, 6.45) is 3.28. The van der Waals surface area contributed by atoms with Crippen molar-refractivity contribution < 1.29 is 0 Å². The van der Waals surface area contributed by atoms with Crippen LogP contribution in [0.2, 0.25) is 0 Å². The largest absolute Gasteiger partial charge is 0.159 e. The Bertz CT molecular complexity index is 81.6. The van der Waals surface area contributed by atoms with Crippen molar-refractivity contribution in [3.05, 3.63) is 24.5 Å². The van der Waals surface area contributed by atoms with E-state index in [-0.39, 0.29) is 29.6 Å². The van der Waals surface area contributed by atoms with Gasteiger partial charge in [0.05, 0.1) is 0 Å². The predicted octanol–water partition coefficient (Wildman–Crippen LogP) is -0.172. The van der Waals surface area contributed by atoms with E-state index in [0.717, 1.165) is 0 Å². The molecule has 0 radical (unpaired) electrons. The van der Waals surface area contributed by atoms with Crippen LogP contribution in [-0.2, 0) is 0 Å². The molecule has 0 atom stereocenters. The van der Waals surface area contributed by atoms with Crippen molar-refractivity contribution >= 4 is 29.6 Å². The molecule has 0 aliphatic heterocycles. The first-order chi connectivity index (χ1) is 3.00. The average molecular weight is 104 g/mol. The molecule has 0 aliphatic rings. The molecule has 0 N–H and O–H groups in total. The van der Waals surface area contributed by atoms with Crippen LogP contribution in [0.1, 0.15) is 0 Å². The second-order valence-corrected chi connectivity index (χ2v) is 0.914. The van der Waals surface area contributed by atoms with Gasteiger partial charge in [0.2, 0.25) is 0 Å². The Morgan fingerprint density at radius 2 is 1.29 bits per heavy atom. The number of hydrogen-bond acceptors (Lipinski definition) is 2. The van der Waals surface area contributed by atoms with E-state index in [0.29, 0.717) is 0 Å². The maximum absolute atomic E-state index is 3.53. The SMILES string of the molecule is [NaH].c1ccnnc1. The van der Waals surface area contributed by atoms with Crippen LogP contribution >= 0.6 is 0 Å². The van der Waals surface area contributed by atoms with Gasteiger partial charge < -0.3 is 0 Å². The Morgan fingerprint density at radius 1 is 0.857 bits per heavy atom. The van der Waals surface area contributed by atoms with Crippen molar-refractivity contribution in [3.63, 3.8) is 0 Å². The monoisotopic (exact) mass is 104 g/mol. The molecule has 0 bridgehead atoms. The van der Waals surface area contributed by atoms with Crippen molar-refractivity contribution in [1.29, 1.82) is 0 Å². The summed E-state index contributed by atoms with van der Waals surface area (Å²) in [7, 11) is 0. The summed E-state index contributed by atoms with van der Waals surface area (Å²) in [4.78, 5) is 0. The van der Waals surface area contributed by atoms with Gasteiger partial charge in [-0.1, -0.05) is 0 Å². The molecule has 0 amide bonds. The molecule has 3 heteroatoms. The molecule has 1 heterocycles. The summed E-state index contributed by atoms with van der Waals surface area (Å²) in [5.41, 5.74) is 0. The van der Waals surface area contributed by atoms with Gasteiger partial charge in [0.25, 0.3) is 0 Å². The quantitative estimate of drug-likeness (QED) is 0.427. The first kappa shape index (κ1) is 7.08. The molecule has 32 valence electrons. The van der Waals surface area contributed by atoms with E-state index in [4.69, 9.17) is 0 Å². The van der Waals surface area contributed by atoms with Crippen LogP contribution in [0.4, 0.5) is 0 Å².